The summed E-state index contributed by atoms with van der Waals surface area (Å²) < 4.78 is 0. The Bertz CT molecular complexity index is 633. The number of nitrogens with one attached hydrogen (secondary N) is 1. The normalized spacial score (nSPS) is 11.1. The molecule has 21 heavy (non-hydrogen) atoms. The van der Waals surface area contributed by atoms with Crippen LogP contribution < -0.4 is 10.3 Å². The van der Waals surface area contributed by atoms with E-state index >= 15 is 0 Å². The summed E-state index contributed by atoms with van der Waals surface area (Å²) in [5.74, 6) is -0.248. The summed E-state index contributed by atoms with van der Waals surface area (Å²) >= 11 is 0. The molecular weight excluding hydrogens is 264 g/mol. The number of aromatic nitrogens is 1. The standard InChI is InChI=1S/C16H18N4O/c1-12(13-4-6-15(7-5-13)20(2)3)18-19-16(21)14-8-10-17-11-9-14/h4-11H,1-3H3,(H,19,21)/b18-12-. The molecule has 0 aliphatic rings. The Morgan fingerprint density at radius 3 is 2.24 bits per heavy atom. The zero-order chi connectivity index (χ0) is 15.2. The number of carbonyl (C=O) groups excluding carboxylic acids is 1. The summed E-state index contributed by atoms with van der Waals surface area (Å²) in [6.45, 7) is 1.86. The van der Waals surface area contributed by atoms with Crippen molar-refractivity contribution in [2.75, 3.05) is 19.0 Å². The van der Waals surface area contributed by atoms with Crippen molar-refractivity contribution in [2.45, 2.75) is 6.92 Å². The lowest BCUT2D eigenvalue weighted by Crippen LogP contribution is -2.19. The van der Waals surface area contributed by atoms with E-state index in [1.165, 1.54) is 0 Å². The van der Waals surface area contributed by atoms with Crippen molar-refractivity contribution < 1.29 is 4.79 Å². The molecule has 0 atom stereocenters. The Balaban J connectivity index is 2.05. The first-order valence-corrected chi connectivity index (χ1v) is 6.60. The first-order chi connectivity index (χ1) is 10.1. The molecule has 0 fully saturated rings. The van der Waals surface area contributed by atoms with Crippen LogP contribution in [0.5, 0.6) is 0 Å². The van der Waals surface area contributed by atoms with E-state index in [1.54, 1.807) is 24.5 Å². The third kappa shape index (κ3) is 3.89. The highest BCUT2D eigenvalue weighted by Gasteiger charge is 2.04. The van der Waals surface area contributed by atoms with E-state index in [4.69, 9.17) is 0 Å². The molecule has 1 heterocycles. The van der Waals surface area contributed by atoms with Gasteiger partial charge in [-0.3, -0.25) is 9.78 Å². The molecule has 5 heteroatoms. The second kappa shape index (κ2) is 6.65. The molecule has 1 amide bonds. The van der Waals surface area contributed by atoms with E-state index in [9.17, 15) is 4.79 Å². The van der Waals surface area contributed by atoms with Gasteiger partial charge >= 0.3 is 0 Å². The lowest BCUT2D eigenvalue weighted by molar-refractivity contribution is 0.0954. The fourth-order valence-electron chi connectivity index (χ4n) is 1.77. The highest BCUT2D eigenvalue weighted by molar-refractivity contribution is 6.01. The van der Waals surface area contributed by atoms with E-state index in [0.717, 1.165) is 17.0 Å². The minimum absolute atomic E-state index is 0.248. The topological polar surface area (TPSA) is 57.6 Å². The summed E-state index contributed by atoms with van der Waals surface area (Å²) in [4.78, 5) is 17.8. The molecule has 0 bridgehead atoms. The third-order valence-electron chi connectivity index (χ3n) is 3.07. The predicted molar refractivity (Wildman–Crippen MR) is 84.7 cm³/mol. The van der Waals surface area contributed by atoms with Gasteiger partial charge in [0.05, 0.1) is 5.71 Å². The molecular formula is C16H18N4O. The van der Waals surface area contributed by atoms with Crippen LogP contribution in [-0.4, -0.2) is 30.7 Å². The lowest BCUT2D eigenvalue weighted by Gasteiger charge is -2.12. The number of hydrogen-bond acceptors (Lipinski definition) is 4. The number of hydrazone groups is 1. The smallest absolute Gasteiger partial charge is 0.271 e. The molecule has 2 rings (SSSR count). The molecule has 1 N–H and O–H groups in total. The summed E-state index contributed by atoms with van der Waals surface area (Å²) in [6.07, 6.45) is 3.15. The van der Waals surface area contributed by atoms with Crippen LogP contribution >= 0.6 is 0 Å². The van der Waals surface area contributed by atoms with Gasteiger partial charge in [-0.05, 0) is 36.8 Å². The Morgan fingerprint density at radius 1 is 1.05 bits per heavy atom. The van der Waals surface area contributed by atoms with Crippen LogP contribution in [0.4, 0.5) is 5.69 Å². The highest BCUT2D eigenvalue weighted by Crippen LogP contribution is 2.12. The SMILES string of the molecule is C/C(=N/NC(=O)c1ccncc1)c1ccc(N(C)C)cc1. The molecule has 0 saturated heterocycles. The average Bonchev–Trinajstić information content (AvgIpc) is 2.53. The van der Waals surface area contributed by atoms with Crippen molar-refractivity contribution in [3.05, 3.63) is 59.9 Å². The first kappa shape index (κ1) is 14.7. The Labute approximate surface area is 124 Å². The number of nitrogens with zero attached hydrogens (tertiary/aromatic N) is 3. The van der Waals surface area contributed by atoms with E-state index in [0.29, 0.717) is 5.56 Å². The van der Waals surface area contributed by atoms with Crippen molar-refractivity contribution >= 4 is 17.3 Å². The Kier molecular flexibility index (Phi) is 4.66. The number of anilines is 1. The van der Waals surface area contributed by atoms with Crippen LogP contribution in [0.2, 0.25) is 0 Å². The second-order valence-corrected chi connectivity index (χ2v) is 4.82. The largest absolute Gasteiger partial charge is 0.378 e. The molecule has 2 aromatic rings. The summed E-state index contributed by atoms with van der Waals surface area (Å²) in [7, 11) is 3.98. The van der Waals surface area contributed by atoms with Crippen LogP contribution in [-0.2, 0) is 0 Å². The number of pyridine rings is 1. The number of carbonyl (C=O) groups is 1. The maximum atomic E-state index is 11.9. The fraction of sp³-hybridized carbons (Fsp3) is 0.188. The molecule has 108 valence electrons. The maximum Gasteiger partial charge on any atom is 0.271 e. The van der Waals surface area contributed by atoms with Crippen molar-refractivity contribution in [2.24, 2.45) is 5.10 Å². The quantitative estimate of drug-likeness (QED) is 0.691. The molecule has 0 unspecified atom stereocenters. The number of hydrogen-bond donors (Lipinski definition) is 1. The van der Waals surface area contributed by atoms with Gasteiger partial charge in [0.2, 0.25) is 0 Å². The van der Waals surface area contributed by atoms with Crippen molar-refractivity contribution in [1.82, 2.24) is 10.4 Å². The Morgan fingerprint density at radius 2 is 1.67 bits per heavy atom. The van der Waals surface area contributed by atoms with Gasteiger partial charge in [-0.1, -0.05) is 12.1 Å². The molecule has 0 aliphatic carbocycles. The van der Waals surface area contributed by atoms with Crippen LogP contribution in [0.1, 0.15) is 22.8 Å². The van der Waals surface area contributed by atoms with Crippen molar-refractivity contribution in [3.63, 3.8) is 0 Å². The second-order valence-electron chi connectivity index (χ2n) is 4.82. The molecule has 0 aliphatic heterocycles. The molecule has 1 aromatic heterocycles. The summed E-state index contributed by atoms with van der Waals surface area (Å²) in [6, 6.07) is 11.3. The van der Waals surface area contributed by atoms with Gasteiger partial charge in [-0.2, -0.15) is 5.10 Å². The zero-order valence-corrected chi connectivity index (χ0v) is 12.4. The van der Waals surface area contributed by atoms with Crippen molar-refractivity contribution in [1.29, 1.82) is 0 Å². The van der Waals surface area contributed by atoms with E-state index < -0.39 is 0 Å². The molecule has 0 spiro atoms. The van der Waals surface area contributed by atoms with Gasteiger partial charge in [-0.25, -0.2) is 5.43 Å². The van der Waals surface area contributed by atoms with Crippen LogP contribution in [0, 0.1) is 0 Å². The molecule has 0 saturated carbocycles. The predicted octanol–water partition coefficient (Wildman–Crippen LogP) is 2.30. The number of amides is 1. The third-order valence-corrected chi connectivity index (χ3v) is 3.07. The van der Waals surface area contributed by atoms with Crippen LogP contribution in [0.25, 0.3) is 0 Å². The minimum Gasteiger partial charge on any atom is -0.378 e. The van der Waals surface area contributed by atoms with Crippen LogP contribution in [0.15, 0.2) is 53.9 Å². The zero-order valence-electron chi connectivity index (χ0n) is 12.4. The maximum absolute atomic E-state index is 11.9. The van der Waals surface area contributed by atoms with Gasteiger partial charge in [0.15, 0.2) is 0 Å². The van der Waals surface area contributed by atoms with E-state index in [2.05, 4.69) is 15.5 Å². The number of benzene rings is 1. The van der Waals surface area contributed by atoms with Gasteiger partial charge in [-0.15, -0.1) is 0 Å². The fourth-order valence-corrected chi connectivity index (χ4v) is 1.77. The van der Waals surface area contributed by atoms with Crippen LogP contribution in [0.3, 0.4) is 0 Å². The monoisotopic (exact) mass is 282 g/mol. The average molecular weight is 282 g/mol. The molecule has 1 aromatic carbocycles. The molecule has 5 nitrogen and oxygen atoms in total. The summed E-state index contributed by atoms with van der Waals surface area (Å²) in [5, 5.41) is 4.13. The van der Waals surface area contributed by atoms with Gasteiger partial charge in [0, 0.05) is 37.7 Å². The number of rotatable bonds is 4. The van der Waals surface area contributed by atoms with Gasteiger partial charge < -0.3 is 4.90 Å². The minimum atomic E-state index is -0.248. The Hall–Kier alpha value is -2.69. The highest BCUT2D eigenvalue weighted by atomic mass is 16.2. The van der Waals surface area contributed by atoms with E-state index in [1.807, 2.05) is 50.2 Å². The van der Waals surface area contributed by atoms with Gasteiger partial charge in [0.25, 0.3) is 5.91 Å². The van der Waals surface area contributed by atoms with E-state index in [-0.39, 0.29) is 5.91 Å². The lowest BCUT2D eigenvalue weighted by atomic mass is 10.1. The van der Waals surface area contributed by atoms with Crippen molar-refractivity contribution in [3.8, 4) is 0 Å². The first-order valence-electron chi connectivity index (χ1n) is 6.60. The molecule has 0 radical (unpaired) electrons. The van der Waals surface area contributed by atoms with Gasteiger partial charge in [0.1, 0.15) is 0 Å². The summed E-state index contributed by atoms with van der Waals surface area (Å²) in [5.41, 5.74) is 5.92.